The molecule has 0 saturated carbocycles. The van der Waals surface area contributed by atoms with Gasteiger partial charge in [-0.3, -0.25) is 10.3 Å². The van der Waals surface area contributed by atoms with Crippen LogP contribution < -0.4 is 10.2 Å². The fourth-order valence-corrected chi connectivity index (χ4v) is 3.12. The van der Waals surface area contributed by atoms with Gasteiger partial charge in [0.05, 0.1) is 12.8 Å². The zero-order valence-electron chi connectivity index (χ0n) is 9.04. The van der Waals surface area contributed by atoms with Crippen LogP contribution in [-0.2, 0) is 4.84 Å². The van der Waals surface area contributed by atoms with Gasteiger partial charge in [0.2, 0.25) is 0 Å². The summed E-state index contributed by atoms with van der Waals surface area (Å²) in [6, 6.07) is 4.03. The molecule has 0 aromatic heterocycles. The van der Waals surface area contributed by atoms with Crippen molar-refractivity contribution in [3.05, 3.63) is 29.3 Å². The predicted molar refractivity (Wildman–Crippen MR) is 69.6 cm³/mol. The number of nitrogens with one attached hydrogen (secondary N) is 1. The van der Waals surface area contributed by atoms with E-state index in [0.717, 1.165) is 17.0 Å². The van der Waals surface area contributed by atoms with Crippen LogP contribution >= 0.6 is 25.0 Å². The van der Waals surface area contributed by atoms with Gasteiger partial charge in [0.15, 0.2) is 0 Å². The first kappa shape index (κ1) is 11.8. The topological polar surface area (TPSA) is 30.5 Å². The van der Waals surface area contributed by atoms with E-state index in [9.17, 15) is 0 Å². The zero-order valence-corrected chi connectivity index (χ0v) is 11.4. The van der Waals surface area contributed by atoms with E-state index in [0.29, 0.717) is 6.61 Å². The number of ether oxygens (including phenoxy) is 1. The van der Waals surface area contributed by atoms with Crippen molar-refractivity contribution in [2.75, 3.05) is 13.7 Å². The summed E-state index contributed by atoms with van der Waals surface area (Å²) in [5.41, 5.74) is 6.09. The van der Waals surface area contributed by atoms with E-state index in [1.54, 1.807) is 17.3 Å². The van der Waals surface area contributed by atoms with Gasteiger partial charge in [0.25, 0.3) is 0 Å². The summed E-state index contributed by atoms with van der Waals surface area (Å²) >= 11 is 3.40. The summed E-state index contributed by atoms with van der Waals surface area (Å²) in [6.45, 7) is 2.64. The van der Waals surface area contributed by atoms with Crippen LogP contribution in [0.25, 0.3) is 5.70 Å². The van der Waals surface area contributed by atoms with Crippen molar-refractivity contribution in [1.29, 1.82) is 0 Å². The number of hydrogen-bond donors (Lipinski definition) is 1. The highest BCUT2D eigenvalue weighted by molar-refractivity contribution is 9.50. The first-order chi connectivity index (χ1) is 7.77. The number of rotatable bonds is 3. The Morgan fingerprint density at radius 2 is 2.31 bits per heavy atom. The molecular weight excluding hydrogens is 290 g/mol. The molecule has 0 fully saturated rings. The van der Waals surface area contributed by atoms with Crippen molar-refractivity contribution in [3.8, 4) is 5.75 Å². The molecule has 86 valence electrons. The first-order valence-electron chi connectivity index (χ1n) is 4.82. The van der Waals surface area contributed by atoms with Crippen molar-refractivity contribution < 1.29 is 9.57 Å². The molecular formula is C11H12BrNO2S. The van der Waals surface area contributed by atoms with E-state index in [-0.39, 0.29) is 0 Å². The van der Waals surface area contributed by atoms with Gasteiger partial charge >= 0.3 is 0 Å². The molecule has 1 heterocycles. The highest BCUT2D eigenvalue weighted by Crippen LogP contribution is 2.38. The molecule has 0 spiro atoms. The minimum Gasteiger partial charge on any atom is -0.489 e. The molecule has 1 aliphatic rings. The summed E-state index contributed by atoms with van der Waals surface area (Å²) < 4.78 is 5.58. The average Bonchev–Trinajstić information content (AvgIpc) is 2.30. The van der Waals surface area contributed by atoms with E-state index >= 15 is 0 Å². The molecule has 0 amide bonds. The van der Waals surface area contributed by atoms with Crippen molar-refractivity contribution in [2.24, 2.45) is 0 Å². The summed E-state index contributed by atoms with van der Waals surface area (Å²) in [7, 11) is 3.16. The molecule has 1 aliphatic heterocycles. The molecule has 0 atom stereocenters. The Hall–Kier alpha value is -0.650. The van der Waals surface area contributed by atoms with Crippen molar-refractivity contribution >= 4 is 30.7 Å². The number of hydrogen-bond acceptors (Lipinski definition) is 4. The quantitative estimate of drug-likeness (QED) is 0.868. The minimum absolute atomic E-state index is 0.568. The molecule has 0 radical (unpaired) electrons. The fourth-order valence-electron chi connectivity index (χ4n) is 1.73. The smallest absolute Gasteiger partial charge is 0.129 e. The van der Waals surface area contributed by atoms with Crippen LogP contribution in [-0.4, -0.2) is 13.7 Å². The Bertz CT molecular complexity index is 434. The average molecular weight is 302 g/mol. The van der Waals surface area contributed by atoms with Gasteiger partial charge in [0, 0.05) is 10.5 Å². The lowest BCUT2D eigenvalue weighted by Gasteiger charge is -2.21. The first-order valence-corrected chi connectivity index (χ1v) is 7.48. The second kappa shape index (κ2) is 5.12. The highest BCUT2D eigenvalue weighted by atomic mass is 79.9. The Morgan fingerprint density at radius 3 is 3.00 bits per heavy atom. The third kappa shape index (κ3) is 2.07. The van der Waals surface area contributed by atoms with Crippen LogP contribution in [0.4, 0.5) is 0 Å². The number of fused-ring (bicyclic) bond motifs is 1. The van der Waals surface area contributed by atoms with Gasteiger partial charge in [-0.2, -0.15) is 0 Å². The maximum Gasteiger partial charge on any atom is 0.129 e. The molecule has 0 bridgehead atoms. The van der Waals surface area contributed by atoms with Crippen LogP contribution in [0.1, 0.15) is 11.1 Å². The molecule has 16 heavy (non-hydrogen) atoms. The van der Waals surface area contributed by atoms with Crippen LogP contribution in [0.3, 0.4) is 0 Å². The summed E-state index contributed by atoms with van der Waals surface area (Å²) in [4.78, 5) is 6.15. The highest BCUT2D eigenvalue weighted by Gasteiger charge is 2.18. The third-order valence-corrected chi connectivity index (χ3v) is 4.12. The van der Waals surface area contributed by atoms with Crippen LogP contribution in [0.2, 0.25) is 0 Å². The maximum absolute atomic E-state index is 5.58. The predicted octanol–water partition coefficient (Wildman–Crippen LogP) is 3.28. The monoisotopic (exact) mass is 301 g/mol. The normalized spacial score (nSPS) is 13.8. The SMILES string of the molecule is CONC1=CCOc2ccc(SBr)c(C)c21. The second-order valence-electron chi connectivity index (χ2n) is 3.37. The second-order valence-corrected chi connectivity index (χ2v) is 4.94. The van der Waals surface area contributed by atoms with Gasteiger partial charge in [-0.1, -0.05) is 0 Å². The van der Waals surface area contributed by atoms with E-state index in [2.05, 4.69) is 27.2 Å². The van der Waals surface area contributed by atoms with Gasteiger partial charge in [0.1, 0.15) is 12.4 Å². The lowest BCUT2D eigenvalue weighted by Crippen LogP contribution is -2.17. The Labute approximate surface area is 106 Å². The van der Waals surface area contributed by atoms with Crippen molar-refractivity contribution in [2.45, 2.75) is 11.8 Å². The van der Waals surface area contributed by atoms with Gasteiger partial charge in [-0.25, -0.2) is 0 Å². The van der Waals surface area contributed by atoms with E-state index in [1.807, 2.05) is 18.2 Å². The van der Waals surface area contributed by atoms with Crippen LogP contribution in [0.5, 0.6) is 5.75 Å². The van der Waals surface area contributed by atoms with Gasteiger partial charge in [-0.15, -0.1) is 0 Å². The standard InChI is InChI=1S/C11H12BrNO2S/c1-7-10(16-12)4-3-9-11(7)8(13-14-2)5-6-15-9/h3-5,13H,6H2,1-2H3. The zero-order chi connectivity index (χ0) is 11.5. The van der Waals surface area contributed by atoms with E-state index in [1.165, 1.54) is 10.5 Å². The minimum atomic E-state index is 0.568. The lowest BCUT2D eigenvalue weighted by atomic mass is 10.0. The Kier molecular flexibility index (Phi) is 3.78. The molecule has 0 aliphatic carbocycles. The Balaban J connectivity index is 2.50. The summed E-state index contributed by atoms with van der Waals surface area (Å²) in [5.74, 6) is 0.893. The molecule has 1 aromatic rings. The molecule has 0 saturated heterocycles. The van der Waals surface area contributed by atoms with Crippen LogP contribution in [0, 0.1) is 6.92 Å². The van der Waals surface area contributed by atoms with E-state index < -0.39 is 0 Å². The number of benzene rings is 1. The number of hydroxylamine groups is 1. The molecule has 2 rings (SSSR count). The third-order valence-electron chi connectivity index (χ3n) is 2.47. The summed E-state index contributed by atoms with van der Waals surface area (Å²) in [5, 5.41) is 0. The largest absolute Gasteiger partial charge is 0.489 e. The van der Waals surface area contributed by atoms with Gasteiger partial charge in [-0.05, 0) is 55.7 Å². The maximum atomic E-state index is 5.58. The van der Waals surface area contributed by atoms with Crippen LogP contribution in [0.15, 0.2) is 23.1 Å². The summed E-state index contributed by atoms with van der Waals surface area (Å²) in [6.07, 6.45) is 1.97. The van der Waals surface area contributed by atoms with Crippen molar-refractivity contribution in [3.63, 3.8) is 0 Å². The lowest BCUT2D eigenvalue weighted by molar-refractivity contribution is 0.135. The molecule has 0 unspecified atom stereocenters. The van der Waals surface area contributed by atoms with E-state index in [4.69, 9.17) is 9.57 Å². The van der Waals surface area contributed by atoms with Crippen molar-refractivity contribution in [1.82, 2.24) is 5.48 Å². The molecule has 1 N–H and O–H groups in total. The molecule has 3 nitrogen and oxygen atoms in total. The molecule has 5 heteroatoms. The number of halogens is 1. The van der Waals surface area contributed by atoms with Gasteiger partial charge < -0.3 is 4.74 Å². The fraction of sp³-hybridized carbons (Fsp3) is 0.273. The Morgan fingerprint density at radius 1 is 1.50 bits per heavy atom. The molecule has 1 aromatic carbocycles.